The molecule has 8 heteroatoms. The molecule has 1 N–H and O–H groups in total. The zero-order valence-corrected chi connectivity index (χ0v) is 21.4. The topological polar surface area (TPSA) is 93.1 Å². The van der Waals surface area contributed by atoms with Crippen LogP contribution in [-0.4, -0.2) is 36.5 Å². The van der Waals surface area contributed by atoms with E-state index in [2.05, 4.69) is 0 Å². The lowest BCUT2D eigenvalue weighted by atomic mass is 9.94. The molecule has 1 heterocycles. The number of hydrogen-bond donors (Lipinski definition) is 1. The normalized spacial score (nSPS) is 16.6. The van der Waals surface area contributed by atoms with Crippen LogP contribution in [0.25, 0.3) is 5.76 Å². The van der Waals surface area contributed by atoms with Gasteiger partial charge >= 0.3 is 5.97 Å². The van der Waals surface area contributed by atoms with Gasteiger partial charge in [0, 0.05) is 11.3 Å². The van der Waals surface area contributed by atoms with Crippen molar-refractivity contribution in [2.75, 3.05) is 18.6 Å². The van der Waals surface area contributed by atoms with Crippen LogP contribution in [-0.2, 0) is 14.3 Å². The van der Waals surface area contributed by atoms with Crippen LogP contribution in [0.1, 0.15) is 46.4 Å². The number of methoxy groups -OCH3 is 1. The van der Waals surface area contributed by atoms with E-state index in [-0.39, 0.29) is 16.2 Å². The fraction of sp³-hybridized carbons (Fsp3) is 0.207. The second-order valence-electron chi connectivity index (χ2n) is 8.61. The molecule has 1 atom stereocenters. The highest BCUT2D eigenvalue weighted by Gasteiger charge is 2.47. The molecular weight excluding hydrogens is 494 g/mol. The summed E-state index contributed by atoms with van der Waals surface area (Å²) in [6.07, 6.45) is 0.697. The van der Waals surface area contributed by atoms with Gasteiger partial charge in [0.05, 0.1) is 35.9 Å². The Hall–Kier alpha value is -4.10. The minimum Gasteiger partial charge on any atom is -0.507 e. The van der Waals surface area contributed by atoms with Crippen LogP contribution in [0.2, 0.25) is 5.02 Å². The number of ketones is 1. The molecule has 1 unspecified atom stereocenters. The average molecular weight is 520 g/mol. The minimum atomic E-state index is -0.930. The number of benzene rings is 3. The number of aryl methyl sites for hydroxylation is 1. The Bertz CT molecular complexity index is 1400. The van der Waals surface area contributed by atoms with Crippen LogP contribution in [0.5, 0.6) is 5.75 Å². The van der Waals surface area contributed by atoms with E-state index in [4.69, 9.17) is 21.1 Å². The highest BCUT2D eigenvalue weighted by atomic mass is 35.5. The van der Waals surface area contributed by atoms with Gasteiger partial charge in [0.25, 0.3) is 11.7 Å². The predicted octanol–water partition coefficient (Wildman–Crippen LogP) is 5.85. The first-order valence-corrected chi connectivity index (χ1v) is 12.1. The Morgan fingerprint density at radius 1 is 1.05 bits per heavy atom. The third-order valence-electron chi connectivity index (χ3n) is 6.05. The summed E-state index contributed by atoms with van der Waals surface area (Å²) in [6, 6.07) is 17.3. The largest absolute Gasteiger partial charge is 0.507 e. The van der Waals surface area contributed by atoms with Gasteiger partial charge in [0.1, 0.15) is 11.5 Å². The van der Waals surface area contributed by atoms with Crippen molar-refractivity contribution in [2.24, 2.45) is 0 Å². The summed E-state index contributed by atoms with van der Waals surface area (Å²) in [4.78, 5) is 40.3. The van der Waals surface area contributed by atoms with Crippen LogP contribution in [0.15, 0.2) is 72.3 Å². The predicted molar refractivity (Wildman–Crippen MR) is 141 cm³/mol. The maximum absolute atomic E-state index is 13.4. The zero-order chi connectivity index (χ0) is 26.7. The minimum absolute atomic E-state index is 0.0998. The third kappa shape index (κ3) is 5.08. The van der Waals surface area contributed by atoms with Crippen LogP contribution in [0.3, 0.4) is 0 Å². The molecule has 7 nitrogen and oxygen atoms in total. The van der Waals surface area contributed by atoms with Gasteiger partial charge in [-0.3, -0.25) is 14.5 Å². The number of esters is 1. The Labute approximate surface area is 219 Å². The molecule has 1 aliphatic rings. The van der Waals surface area contributed by atoms with Crippen molar-refractivity contribution >= 4 is 40.7 Å². The van der Waals surface area contributed by atoms with E-state index in [0.29, 0.717) is 35.6 Å². The van der Waals surface area contributed by atoms with E-state index in [1.165, 1.54) is 18.1 Å². The second kappa shape index (κ2) is 10.9. The summed E-state index contributed by atoms with van der Waals surface area (Å²) >= 11 is 6.36. The van der Waals surface area contributed by atoms with Gasteiger partial charge in [-0.1, -0.05) is 48.4 Å². The summed E-state index contributed by atoms with van der Waals surface area (Å²) < 4.78 is 10.4. The van der Waals surface area contributed by atoms with Gasteiger partial charge in [-0.25, -0.2) is 4.79 Å². The number of Topliss-reactive ketones (excluding diaryl/α,β-unsaturated/α-hetero) is 1. The first kappa shape index (κ1) is 26.0. The molecule has 1 aliphatic heterocycles. The quantitative estimate of drug-likeness (QED) is 0.182. The van der Waals surface area contributed by atoms with Crippen molar-refractivity contribution < 1.29 is 29.0 Å². The first-order valence-electron chi connectivity index (χ1n) is 11.8. The molecule has 0 bridgehead atoms. The molecule has 37 heavy (non-hydrogen) atoms. The lowest BCUT2D eigenvalue weighted by molar-refractivity contribution is -0.132. The van der Waals surface area contributed by atoms with Gasteiger partial charge in [0.15, 0.2) is 0 Å². The average Bonchev–Trinajstić information content (AvgIpc) is 3.17. The summed E-state index contributed by atoms with van der Waals surface area (Å²) in [5.41, 5.74) is 2.33. The summed E-state index contributed by atoms with van der Waals surface area (Å²) in [5, 5.41) is 11.5. The molecular formula is C29H26ClNO6. The molecule has 3 aromatic carbocycles. The number of carbonyl (C=O) groups excluding carboxylic acids is 3. The number of carbonyl (C=O) groups is 3. The Kier molecular flexibility index (Phi) is 7.64. The van der Waals surface area contributed by atoms with Crippen molar-refractivity contribution in [3.05, 3.63) is 99.6 Å². The molecule has 0 radical (unpaired) electrons. The van der Waals surface area contributed by atoms with Crippen molar-refractivity contribution in [1.29, 1.82) is 0 Å². The van der Waals surface area contributed by atoms with E-state index in [1.54, 1.807) is 42.5 Å². The van der Waals surface area contributed by atoms with Crippen molar-refractivity contribution in [2.45, 2.75) is 26.3 Å². The fourth-order valence-electron chi connectivity index (χ4n) is 4.25. The smallest absolute Gasteiger partial charge is 0.338 e. The van der Waals surface area contributed by atoms with Crippen molar-refractivity contribution in [3.8, 4) is 5.75 Å². The van der Waals surface area contributed by atoms with Gasteiger partial charge < -0.3 is 14.6 Å². The van der Waals surface area contributed by atoms with Crippen LogP contribution >= 0.6 is 11.6 Å². The Morgan fingerprint density at radius 3 is 2.43 bits per heavy atom. The molecule has 0 aliphatic carbocycles. The van der Waals surface area contributed by atoms with Crippen molar-refractivity contribution in [1.82, 2.24) is 0 Å². The number of aliphatic hydroxyl groups excluding tert-OH is 1. The van der Waals surface area contributed by atoms with Gasteiger partial charge in [-0.15, -0.1) is 0 Å². The monoisotopic (exact) mass is 519 g/mol. The molecule has 1 fully saturated rings. The Balaban J connectivity index is 1.86. The molecule has 4 rings (SSSR count). The number of aliphatic hydroxyl groups is 1. The number of ether oxygens (including phenoxy) is 2. The number of nitrogens with zero attached hydrogens (tertiary/aromatic N) is 1. The first-order chi connectivity index (χ1) is 17.8. The highest BCUT2D eigenvalue weighted by molar-refractivity contribution is 6.52. The highest BCUT2D eigenvalue weighted by Crippen LogP contribution is 2.43. The van der Waals surface area contributed by atoms with E-state index in [9.17, 15) is 19.5 Å². The molecule has 1 saturated heterocycles. The van der Waals surface area contributed by atoms with Gasteiger partial charge in [-0.2, -0.15) is 0 Å². The summed E-state index contributed by atoms with van der Waals surface area (Å²) in [7, 11) is 1.47. The third-order valence-corrected chi connectivity index (χ3v) is 6.38. The van der Waals surface area contributed by atoms with E-state index in [1.807, 2.05) is 32.0 Å². The number of rotatable bonds is 7. The summed E-state index contributed by atoms with van der Waals surface area (Å²) in [5.74, 6) is -2.12. The number of amides is 1. The van der Waals surface area contributed by atoms with Crippen LogP contribution in [0.4, 0.5) is 5.69 Å². The zero-order valence-electron chi connectivity index (χ0n) is 20.7. The van der Waals surface area contributed by atoms with Gasteiger partial charge in [-0.05, 0) is 61.4 Å². The molecule has 0 saturated carbocycles. The van der Waals surface area contributed by atoms with E-state index >= 15 is 0 Å². The summed E-state index contributed by atoms with van der Waals surface area (Å²) in [6.45, 7) is 4.09. The molecule has 0 spiro atoms. The molecule has 190 valence electrons. The maximum atomic E-state index is 13.4. The maximum Gasteiger partial charge on any atom is 0.338 e. The van der Waals surface area contributed by atoms with E-state index < -0.39 is 29.5 Å². The number of anilines is 1. The fourth-order valence-corrected chi connectivity index (χ4v) is 4.46. The Morgan fingerprint density at radius 2 is 1.78 bits per heavy atom. The number of hydrogen-bond acceptors (Lipinski definition) is 6. The molecule has 3 aromatic rings. The lowest BCUT2D eigenvalue weighted by Crippen LogP contribution is -2.29. The molecule has 1 amide bonds. The standard InChI is InChI=1S/C29H26ClNO6/c1-4-14-37-29(35)18-8-10-20(11-9-18)31-25(19-7-5-6-17(2)15-19)24(27(33)28(31)34)26(32)22-16-21(36-3)12-13-23(22)30/h5-13,15-16,25,32H,4,14H2,1-3H3/b26-24+. The number of halogens is 1. The van der Waals surface area contributed by atoms with Crippen LogP contribution in [0, 0.1) is 6.92 Å². The SMILES string of the molecule is CCCOC(=O)c1ccc(N2C(=O)C(=O)/C(=C(/O)c3cc(OC)ccc3Cl)C2c2cccc(C)c2)cc1. The molecule has 0 aromatic heterocycles. The van der Waals surface area contributed by atoms with Crippen LogP contribution < -0.4 is 9.64 Å². The second-order valence-corrected chi connectivity index (χ2v) is 9.02. The van der Waals surface area contributed by atoms with Crippen molar-refractivity contribution in [3.63, 3.8) is 0 Å². The van der Waals surface area contributed by atoms with E-state index in [0.717, 1.165) is 5.56 Å². The lowest BCUT2D eigenvalue weighted by Gasteiger charge is -2.26. The van der Waals surface area contributed by atoms with Gasteiger partial charge in [0.2, 0.25) is 0 Å².